The van der Waals surface area contributed by atoms with Crippen molar-refractivity contribution in [2.75, 3.05) is 18.4 Å². The van der Waals surface area contributed by atoms with Crippen molar-refractivity contribution in [3.05, 3.63) is 11.1 Å². The summed E-state index contributed by atoms with van der Waals surface area (Å²) < 4.78 is 0. The minimum atomic E-state index is -0.836. The monoisotopic (exact) mass is 299 g/mol. The van der Waals surface area contributed by atoms with Gasteiger partial charge in [0, 0.05) is 24.9 Å². The van der Waals surface area contributed by atoms with Gasteiger partial charge < -0.3 is 15.3 Å². The van der Waals surface area contributed by atoms with E-state index in [1.54, 1.807) is 11.8 Å². The minimum Gasteiger partial charge on any atom is -0.481 e. The Morgan fingerprint density at radius 3 is 2.65 bits per heavy atom. The lowest BCUT2D eigenvalue weighted by Crippen LogP contribution is -2.41. The quantitative estimate of drug-likeness (QED) is 0.765. The highest BCUT2D eigenvalue weighted by Gasteiger charge is 2.18. The summed E-state index contributed by atoms with van der Waals surface area (Å²) in [4.78, 5) is 28.6. The largest absolute Gasteiger partial charge is 0.481 e. The van der Waals surface area contributed by atoms with Crippen molar-refractivity contribution in [1.29, 1.82) is 0 Å². The maximum Gasteiger partial charge on any atom is 0.303 e. The molecular weight excluding hydrogens is 278 g/mol. The summed E-state index contributed by atoms with van der Waals surface area (Å²) >= 11 is 1.39. The van der Waals surface area contributed by atoms with Crippen molar-refractivity contribution >= 4 is 28.3 Å². The molecule has 1 rings (SSSR count). The van der Waals surface area contributed by atoms with Gasteiger partial charge in [0.2, 0.25) is 5.91 Å². The van der Waals surface area contributed by atoms with Gasteiger partial charge in [0.05, 0.1) is 12.1 Å². The molecule has 7 heteroatoms. The zero-order valence-corrected chi connectivity index (χ0v) is 12.9. The van der Waals surface area contributed by atoms with Gasteiger partial charge in [0.1, 0.15) is 6.04 Å². The first-order valence-electron chi connectivity index (χ1n) is 6.69. The number of carbonyl (C=O) groups is 2. The maximum atomic E-state index is 12.1. The number of amides is 1. The Bertz CT molecular complexity index is 457. The number of aryl methyl sites for hydroxylation is 1. The average Bonchev–Trinajstić information content (AvgIpc) is 2.85. The van der Waals surface area contributed by atoms with Crippen molar-refractivity contribution in [3.63, 3.8) is 0 Å². The standard InChI is InChI=1S/C13H21N3O3S/c1-4-16(5-2)12(19)9(3)14-13-15-10(8-20-13)6-7-11(17)18/h8-9H,4-7H2,1-3H3,(H,14,15)(H,17,18). The van der Waals surface area contributed by atoms with Gasteiger partial charge >= 0.3 is 5.97 Å². The summed E-state index contributed by atoms with van der Waals surface area (Å²) in [7, 11) is 0. The molecule has 1 aromatic rings. The number of anilines is 1. The molecule has 0 aliphatic heterocycles. The van der Waals surface area contributed by atoms with Crippen molar-refractivity contribution in [1.82, 2.24) is 9.88 Å². The first-order chi connectivity index (χ1) is 9.47. The molecule has 2 N–H and O–H groups in total. The summed E-state index contributed by atoms with van der Waals surface area (Å²) in [5, 5.41) is 14.2. The number of hydrogen-bond acceptors (Lipinski definition) is 5. The Hall–Kier alpha value is -1.63. The van der Waals surface area contributed by atoms with E-state index in [1.807, 2.05) is 19.2 Å². The second-order valence-corrected chi connectivity index (χ2v) is 5.27. The number of carboxylic acids is 1. The molecule has 0 spiro atoms. The Kier molecular flexibility index (Phi) is 6.44. The normalized spacial score (nSPS) is 11.9. The predicted octanol–water partition coefficient (Wildman–Crippen LogP) is 1.83. The number of carboxylic acid groups (broad SMARTS) is 1. The summed E-state index contributed by atoms with van der Waals surface area (Å²) in [6, 6.07) is -0.339. The van der Waals surface area contributed by atoms with Gasteiger partial charge in [0.15, 0.2) is 5.13 Å². The van der Waals surface area contributed by atoms with Crippen molar-refractivity contribution < 1.29 is 14.7 Å². The number of rotatable bonds is 8. The zero-order valence-electron chi connectivity index (χ0n) is 12.0. The molecule has 0 bridgehead atoms. The molecule has 0 fully saturated rings. The van der Waals surface area contributed by atoms with E-state index in [0.29, 0.717) is 24.6 Å². The van der Waals surface area contributed by atoms with E-state index in [0.717, 1.165) is 5.69 Å². The third-order valence-electron chi connectivity index (χ3n) is 2.93. The fourth-order valence-corrected chi connectivity index (χ4v) is 2.61. The van der Waals surface area contributed by atoms with Crippen LogP contribution in [0.4, 0.5) is 5.13 Å². The maximum absolute atomic E-state index is 12.1. The lowest BCUT2D eigenvalue weighted by molar-refractivity contribution is -0.137. The van der Waals surface area contributed by atoms with Gasteiger partial charge in [-0.15, -0.1) is 11.3 Å². The van der Waals surface area contributed by atoms with Crippen LogP contribution in [0.2, 0.25) is 0 Å². The van der Waals surface area contributed by atoms with E-state index in [9.17, 15) is 9.59 Å². The summed E-state index contributed by atoms with van der Waals surface area (Å²) in [5.74, 6) is -0.796. The number of aromatic nitrogens is 1. The van der Waals surface area contributed by atoms with Crippen LogP contribution in [0.5, 0.6) is 0 Å². The molecule has 6 nitrogen and oxygen atoms in total. The SMILES string of the molecule is CCN(CC)C(=O)C(C)Nc1nc(CCC(=O)O)cs1. The summed E-state index contributed by atoms with van der Waals surface area (Å²) in [5.41, 5.74) is 0.738. The van der Waals surface area contributed by atoms with Crippen molar-refractivity contribution in [2.45, 2.75) is 39.7 Å². The molecule has 0 aromatic carbocycles. The lowest BCUT2D eigenvalue weighted by Gasteiger charge is -2.23. The molecule has 0 aliphatic carbocycles. The highest BCUT2D eigenvalue weighted by Crippen LogP contribution is 2.18. The topological polar surface area (TPSA) is 82.5 Å². The molecule has 1 amide bonds. The van der Waals surface area contributed by atoms with E-state index in [2.05, 4.69) is 10.3 Å². The summed E-state index contributed by atoms with van der Waals surface area (Å²) in [6.07, 6.45) is 0.475. The average molecular weight is 299 g/mol. The van der Waals surface area contributed by atoms with Gasteiger partial charge in [-0.2, -0.15) is 0 Å². The van der Waals surface area contributed by atoms with Crippen LogP contribution in [0, 0.1) is 0 Å². The Morgan fingerprint density at radius 1 is 1.45 bits per heavy atom. The lowest BCUT2D eigenvalue weighted by atomic mass is 10.2. The van der Waals surface area contributed by atoms with Gasteiger partial charge in [-0.1, -0.05) is 0 Å². The smallest absolute Gasteiger partial charge is 0.303 e. The van der Waals surface area contributed by atoms with Crippen LogP contribution < -0.4 is 5.32 Å². The van der Waals surface area contributed by atoms with Gasteiger partial charge in [-0.05, 0) is 20.8 Å². The molecule has 20 heavy (non-hydrogen) atoms. The molecule has 1 unspecified atom stereocenters. The second kappa shape index (κ2) is 7.84. The Morgan fingerprint density at radius 2 is 2.10 bits per heavy atom. The number of hydrogen-bond donors (Lipinski definition) is 2. The molecular formula is C13H21N3O3S. The highest BCUT2D eigenvalue weighted by molar-refractivity contribution is 7.13. The van der Waals surface area contributed by atoms with Crippen LogP contribution in [0.15, 0.2) is 5.38 Å². The van der Waals surface area contributed by atoms with Crippen LogP contribution in [0.1, 0.15) is 32.9 Å². The van der Waals surface area contributed by atoms with Crippen LogP contribution in [0.25, 0.3) is 0 Å². The number of likely N-dealkylation sites (N-methyl/N-ethyl adjacent to an activating group) is 1. The van der Waals surface area contributed by atoms with E-state index < -0.39 is 5.97 Å². The first-order valence-corrected chi connectivity index (χ1v) is 7.57. The van der Waals surface area contributed by atoms with Gasteiger partial charge in [-0.25, -0.2) is 4.98 Å². The van der Waals surface area contributed by atoms with Crippen LogP contribution in [-0.2, 0) is 16.0 Å². The molecule has 1 atom stereocenters. The van der Waals surface area contributed by atoms with E-state index >= 15 is 0 Å². The van der Waals surface area contributed by atoms with Crippen molar-refractivity contribution in [3.8, 4) is 0 Å². The minimum absolute atomic E-state index is 0.0392. The van der Waals surface area contributed by atoms with Crippen LogP contribution in [0.3, 0.4) is 0 Å². The molecule has 1 aromatic heterocycles. The molecule has 0 aliphatic rings. The molecule has 0 saturated carbocycles. The Labute approximate surface area is 122 Å². The van der Waals surface area contributed by atoms with Crippen molar-refractivity contribution in [2.24, 2.45) is 0 Å². The van der Waals surface area contributed by atoms with Gasteiger partial charge in [-0.3, -0.25) is 9.59 Å². The van der Waals surface area contributed by atoms with Gasteiger partial charge in [0.25, 0.3) is 0 Å². The number of carbonyl (C=O) groups excluding carboxylic acids is 1. The van der Waals surface area contributed by atoms with Crippen LogP contribution >= 0.6 is 11.3 Å². The molecule has 0 radical (unpaired) electrons. The molecule has 112 valence electrons. The fraction of sp³-hybridized carbons (Fsp3) is 0.615. The second-order valence-electron chi connectivity index (χ2n) is 4.41. The third-order valence-corrected chi connectivity index (χ3v) is 3.75. The fourth-order valence-electron chi connectivity index (χ4n) is 1.78. The van der Waals surface area contributed by atoms with E-state index in [1.165, 1.54) is 11.3 Å². The molecule has 1 heterocycles. The number of nitrogens with one attached hydrogen (secondary N) is 1. The van der Waals surface area contributed by atoms with Crippen LogP contribution in [-0.4, -0.2) is 46.0 Å². The summed E-state index contributed by atoms with van der Waals surface area (Å²) in [6.45, 7) is 7.06. The zero-order chi connectivity index (χ0) is 15.1. The molecule has 0 saturated heterocycles. The number of aliphatic carboxylic acids is 1. The highest BCUT2D eigenvalue weighted by atomic mass is 32.1. The predicted molar refractivity (Wildman–Crippen MR) is 79.1 cm³/mol. The Balaban J connectivity index is 2.55. The van der Waals surface area contributed by atoms with E-state index in [-0.39, 0.29) is 18.4 Å². The number of thiazole rings is 1. The van der Waals surface area contributed by atoms with E-state index in [4.69, 9.17) is 5.11 Å². The number of nitrogens with zero attached hydrogens (tertiary/aromatic N) is 2. The third kappa shape index (κ3) is 4.80. The first kappa shape index (κ1) is 16.4.